The van der Waals surface area contributed by atoms with Crippen molar-refractivity contribution in [3.63, 3.8) is 0 Å². The minimum atomic E-state index is -4.49. The number of nitrogens with zero attached hydrogens (tertiary/aromatic N) is 3. The van der Waals surface area contributed by atoms with Gasteiger partial charge in [-0.15, -0.1) is 0 Å². The number of halogens is 4. The van der Waals surface area contributed by atoms with Gasteiger partial charge in [-0.3, -0.25) is 4.79 Å². The lowest BCUT2D eigenvalue weighted by Gasteiger charge is -2.38. The molecule has 4 rings (SSSR count). The van der Waals surface area contributed by atoms with E-state index in [1.54, 1.807) is 29.2 Å². The lowest BCUT2D eigenvalue weighted by molar-refractivity contribution is -0.173. The Morgan fingerprint density at radius 3 is 2.40 bits per heavy atom. The molecule has 1 aromatic heterocycles. The second-order valence-electron chi connectivity index (χ2n) is 8.24. The minimum absolute atomic E-state index is 0.0353. The van der Waals surface area contributed by atoms with Crippen molar-refractivity contribution >= 4 is 23.3 Å². The third kappa shape index (κ3) is 3.89. The van der Waals surface area contributed by atoms with E-state index in [2.05, 4.69) is 10.4 Å². The Morgan fingerprint density at radius 2 is 1.80 bits per heavy atom. The molecule has 3 heterocycles. The van der Waals surface area contributed by atoms with Crippen LogP contribution in [0.3, 0.4) is 0 Å². The van der Waals surface area contributed by atoms with Crippen molar-refractivity contribution in [2.45, 2.75) is 69.9 Å². The van der Waals surface area contributed by atoms with E-state index in [-0.39, 0.29) is 35.9 Å². The number of nitrogens with one attached hydrogen (secondary N) is 1. The van der Waals surface area contributed by atoms with E-state index in [0.29, 0.717) is 10.6 Å². The van der Waals surface area contributed by atoms with Crippen LogP contribution in [0.15, 0.2) is 30.3 Å². The molecule has 30 heavy (non-hydrogen) atoms. The summed E-state index contributed by atoms with van der Waals surface area (Å²) in [4.78, 5) is 14.9. The number of amides is 1. The predicted molar refractivity (Wildman–Crippen MR) is 109 cm³/mol. The number of alkyl halides is 3. The van der Waals surface area contributed by atoms with Crippen molar-refractivity contribution < 1.29 is 18.0 Å². The fraction of sp³-hybridized carbons (Fsp3) is 0.524. The zero-order chi connectivity index (χ0) is 21.6. The first-order valence-corrected chi connectivity index (χ1v) is 10.5. The van der Waals surface area contributed by atoms with Crippen LogP contribution in [-0.4, -0.2) is 38.8 Å². The Bertz CT molecular complexity index is 917. The highest BCUT2D eigenvalue weighted by Crippen LogP contribution is 2.44. The average Bonchev–Trinajstić information content (AvgIpc) is 3.11. The van der Waals surface area contributed by atoms with Gasteiger partial charge in [0.2, 0.25) is 0 Å². The summed E-state index contributed by atoms with van der Waals surface area (Å²) in [5.74, 6) is -0.119. The lowest BCUT2D eigenvalue weighted by atomic mass is 9.97. The van der Waals surface area contributed by atoms with E-state index >= 15 is 0 Å². The van der Waals surface area contributed by atoms with Crippen molar-refractivity contribution in [1.29, 1.82) is 0 Å². The number of anilines is 1. The number of likely N-dealkylation sites (tertiary alicyclic amines) is 1. The van der Waals surface area contributed by atoms with Crippen molar-refractivity contribution in [2.24, 2.45) is 0 Å². The summed E-state index contributed by atoms with van der Waals surface area (Å²) >= 11 is 5.91. The Balaban J connectivity index is 1.68. The van der Waals surface area contributed by atoms with Crippen LogP contribution >= 0.6 is 11.6 Å². The van der Waals surface area contributed by atoms with Gasteiger partial charge in [-0.1, -0.05) is 23.7 Å². The fourth-order valence-electron chi connectivity index (χ4n) is 4.55. The van der Waals surface area contributed by atoms with Gasteiger partial charge in [0.25, 0.3) is 5.91 Å². The number of carbonyl (C=O) groups excluding carboxylic acids is 1. The van der Waals surface area contributed by atoms with Crippen LogP contribution in [0.4, 0.5) is 19.0 Å². The summed E-state index contributed by atoms with van der Waals surface area (Å²) < 4.78 is 42.5. The molecular weight excluding hydrogens is 417 g/mol. The summed E-state index contributed by atoms with van der Waals surface area (Å²) in [7, 11) is 0. The molecule has 1 saturated heterocycles. The standard InChI is InChI=1S/C21H24ClF3N4O/c1-12-4-3-5-13(2)28(12)20(30)17-11-19-26-16(14-6-8-15(22)9-7-14)10-18(21(23,24)25)29(19)27-17/h6-9,11-13,16,18,26H,3-5,10H2,1-2H3/t12-,13+,16-,18+/m0/s1. The Kier molecular flexibility index (Phi) is 5.46. The minimum Gasteiger partial charge on any atom is -0.363 e. The lowest BCUT2D eigenvalue weighted by Crippen LogP contribution is -2.47. The molecule has 9 heteroatoms. The van der Waals surface area contributed by atoms with Gasteiger partial charge in [0.1, 0.15) is 5.82 Å². The molecule has 2 aliphatic rings. The molecule has 0 radical (unpaired) electrons. The monoisotopic (exact) mass is 440 g/mol. The molecule has 2 aliphatic heterocycles. The molecule has 5 nitrogen and oxygen atoms in total. The number of benzene rings is 1. The zero-order valence-corrected chi connectivity index (χ0v) is 17.5. The second kappa shape index (κ2) is 7.80. The van der Waals surface area contributed by atoms with Gasteiger partial charge in [-0.2, -0.15) is 18.3 Å². The van der Waals surface area contributed by atoms with Gasteiger partial charge in [-0.25, -0.2) is 4.68 Å². The highest BCUT2D eigenvalue weighted by atomic mass is 35.5. The number of piperidine rings is 1. The number of carbonyl (C=O) groups is 1. The number of hydrogen-bond acceptors (Lipinski definition) is 3. The Hall–Kier alpha value is -2.22. The van der Waals surface area contributed by atoms with Crippen LogP contribution < -0.4 is 5.32 Å². The van der Waals surface area contributed by atoms with Crippen LogP contribution in [0.25, 0.3) is 0 Å². The summed E-state index contributed by atoms with van der Waals surface area (Å²) in [6, 6.07) is 5.87. The number of rotatable bonds is 2. The van der Waals surface area contributed by atoms with Crippen LogP contribution in [0.5, 0.6) is 0 Å². The highest BCUT2D eigenvalue weighted by Gasteiger charge is 2.47. The van der Waals surface area contributed by atoms with Crippen molar-refractivity contribution in [2.75, 3.05) is 5.32 Å². The summed E-state index contributed by atoms with van der Waals surface area (Å²) in [6.07, 6.45) is -1.91. The summed E-state index contributed by atoms with van der Waals surface area (Å²) in [5, 5.41) is 7.75. The molecule has 1 fully saturated rings. The molecule has 0 bridgehead atoms. The van der Waals surface area contributed by atoms with Crippen molar-refractivity contribution in [1.82, 2.24) is 14.7 Å². The molecule has 1 aromatic carbocycles. The molecule has 4 atom stereocenters. The maximum absolute atomic E-state index is 13.9. The van der Waals surface area contributed by atoms with E-state index in [1.165, 1.54) is 6.07 Å². The zero-order valence-electron chi connectivity index (χ0n) is 16.8. The van der Waals surface area contributed by atoms with Crippen LogP contribution in [0.2, 0.25) is 5.02 Å². The Labute approximate surface area is 178 Å². The number of aromatic nitrogens is 2. The van der Waals surface area contributed by atoms with E-state index in [0.717, 1.165) is 23.9 Å². The smallest absolute Gasteiger partial charge is 0.363 e. The third-order valence-electron chi connectivity index (χ3n) is 6.11. The first kappa shape index (κ1) is 21.0. The van der Waals surface area contributed by atoms with Gasteiger partial charge >= 0.3 is 6.18 Å². The van der Waals surface area contributed by atoms with Crippen LogP contribution in [-0.2, 0) is 0 Å². The largest absolute Gasteiger partial charge is 0.410 e. The molecular formula is C21H24ClF3N4O. The van der Waals surface area contributed by atoms with Gasteiger partial charge in [0.15, 0.2) is 11.7 Å². The van der Waals surface area contributed by atoms with Crippen molar-refractivity contribution in [3.8, 4) is 0 Å². The van der Waals surface area contributed by atoms with Gasteiger partial charge in [0, 0.05) is 29.6 Å². The van der Waals surface area contributed by atoms with Crippen molar-refractivity contribution in [3.05, 3.63) is 46.6 Å². The molecule has 0 saturated carbocycles. The van der Waals surface area contributed by atoms with Gasteiger partial charge in [-0.05, 0) is 50.8 Å². The third-order valence-corrected chi connectivity index (χ3v) is 6.36. The molecule has 2 aromatic rings. The second-order valence-corrected chi connectivity index (χ2v) is 8.68. The normalized spacial score (nSPS) is 26.8. The quantitative estimate of drug-likeness (QED) is 0.661. The first-order chi connectivity index (χ1) is 14.1. The molecule has 1 amide bonds. The predicted octanol–water partition coefficient (Wildman–Crippen LogP) is 5.60. The molecule has 0 spiro atoms. The van der Waals surface area contributed by atoms with Crippen LogP contribution in [0.1, 0.15) is 67.7 Å². The van der Waals surface area contributed by atoms with E-state index in [9.17, 15) is 18.0 Å². The highest BCUT2D eigenvalue weighted by molar-refractivity contribution is 6.30. The Morgan fingerprint density at radius 1 is 1.17 bits per heavy atom. The van der Waals surface area contributed by atoms with E-state index < -0.39 is 18.3 Å². The van der Waals surface area contributed by atoms with E-state index in [1.807, 2.05) is 13.8 Å². The number of fused-ring (bicyclic) bond motifs is 1. The maximum atomic E-state index is 13.9. The first-order valence-electron chi connectivity index (χ1n) is 10.2. The number of hydrogen-bond donors (Lipinski definition) is 1. The molecule has 0 unspecified atom stereocenters. The fourth-order valence-corrected chi connectivity index (χ4v) is 4.67. The van der Waals surface area contributed by atoms with Gasteiger partial charge < -0.3 is 10.2 Å². The maximum Gasteiger partial charge on any atom is 0.410 e. The van der Waals surface area contributed by atoms with Crippen LogP contribution in [0, 0.1) is 0 Å². The topological polar surface area (TPSA) is 50.2 Å². The summed E-state index contributed by atoms with van der Waals surface area (Å²) in [5.41, 5.74) is 0.747. The molecule has 0 aliphatic carbocycles. The SMILES string of the molecule is C[C@@H]1CCC[C@H](C)N1C(=O)c1cc2n(n1)[C@@H](C(F)(F)F)C[C@@H](c1ccc(Cl)cc1)N2. The van der Waals surface area contributed by atoms with E-state index in [4.69, 9.17) is 11.6 Å². The molecule has 162 valence electrons. The summed E-state index contributed by atoms with van der Waals surface area (Å²) in [6.45, 7) is 3.94. The molecule has 1 N–H and O–H groups in total. The van der Waals surface area contributed by atoms with Gasteiger partial charge in [0.05, 0.1) is 6.04 Å². The average molecular weight is 441 g/mol.